The molecular weight excluding hydrogens is 328 g/mol. The highest BCUT2D eigenvalue weighted by Gasteiger charge is 2.18. The summed E-state index contributed by atoms with van der Waals surface area (Å²) in [4.78, 5) is 16.9. The molecule has 0 fully saturated rings. The predicted octanol–water partition coefficient (Wildman–Crippen LogP) is 3.41. The minimum atomic E-state index is -0.364. The van der Waals surface area contributed by atoms with Gasteiger partial charge in [-0.3, -0.25) is 9.79 Å². The van der Waals surface area contributed by atoms with Crippen molar-refractivity contribution in [3.8, 4) is 17.3 Å². The Bertz CT molecular complexity index is 1010. The molecule has 3 aromatic rings. The Morgan fingerprint density at radius 2 is 1.92 bits per heavy atom. The van der Waals surface area contributed by atoms with E-state index in [-0.39, 0.29) is 11.4 Å². The molecule has 5 nitrogen and oxygen atoms in total. The predicted molar refractivity (Wildman–Crippen MR) is 96.3 cm³/mol. The van der Waals surface area contributed by atoms with E-state index >= 15 is 0 Å². The largest absolute Gasteiger partial charge is 0.495 e. The summed E-state index contributed by atoms with van der Waals surface area (Å²) >= 11 is 6.07. The fourth-order valence-corrected chi connectivity index (χ4v) is 2.85. The van der Waals surface area contributed by atoms with E-state index < -0.39 is 0 Å². The van der Waals surface area contributed by atoms with Crippen molar-refractivity contribution < 1.29 is 9.84 Å². The Morgan fingerprint density at radius 1 is 1.21 bits per heavy atom. The van der Waals surface area contributed by atoms with Gasteiger partial charge < -0.3 is 9.84 Å². The van der Waals surface area contributed by atoms with Gasteiger partial charge in [0.15, 0.2) is 0 Å². The number of benzene rings is 2. The number of ether oxygens (including phenoxy) is 1. The van der Waals surface area contributed by atoms with Crippen LogP contribution in [0.2, 0.25) is 5.02 Å². The monoisotopic (exact) mass is 342 g/mol. The molecule has 0 amide bonds. The fraction of sp³-hybridized carbons (Fsp3) is 0.111. The molecule has 0 bridgehead atoms. The highest BCUT2D eigenvalue weighted by molar-refractivity contribution is 6.30. The van der Waals surface area contributed by atoms with E-state index in [9.17, 15) is 9.90 Å². The molecular formula is C18H15ClN2O3. The maximum absolute atomic E-state index is 12.9. The molecule has 0 aliphatic heterocycles. The average molecular weight is 343 g/mol. The third-order valence-electron chi connectivity index (χ3n) is 3.74. The van der Waals surface area contributed by atoms with Crippen LogP contribution in [-0.2, 0) is 0 Å². The normalized spacial score (nSPS) is 11.3. The SMILES string of the molecule is CN=Cc1c(O)n(-c2cc(Cl)ccc2OC)c(=O)c2ccccc12. The van der Waals surface area contributed by atoms with Gasteiger partial charge in [-0.1, -0.05) is 29.8 Å². The van der Waals surface area contributed by atoms with Crippen LogP contribution < -0.4 is 10.3 Å². The first-order valence-electron chi connectivity index (χ1n) is 7.21. The summed E-state index contributed by atoms with van der Waals surface area (Å²) in [6, 6.07) is 11.9. The summed E-state index contributed by atoms with van der Waals surface area (Å²) in [7, 11) is 3.09. The van der Waals surface area contributed by atoms with E-state index in [1.165, 1.54) is 17.9 Å². The van der Waals surface area contributed by atoms with E-state index in [4.69, 9.17) is 16.3 Å². The number of hydrogen-bond donors (Lipinski definition) is 1. The van der Waals surface area contributed by atoms with E-state index in [0.717, 1.165) is 0 Å². The zero-order chi connectivity index (χ0) is 17.3. The Balaban J connectivity index is 2.50. The van der Waals surface area contributed by atoms with Crippen molar-refractivity contribution >= 4 is 28.6 Å². The Morgan fingerprint density at radius 3 is 2.58 bits per heavy atom. The molecule has 0 aliphatic rings. The van der Waals surface area contributed by atoms with Crippen molar-refractivity contribution in [3.63, 3.8) is 0 Å². The molecule has 0 saturated heterocycles. The van der Waals surface area contributed by atoms with Crippen LogP contribution in [0.15, 0.2) is 52.3 Å². The van der Waals surface area contributed by atoms with Gasteiger partial charge in [-0.05, 0) is 24.3 Å². The molecule has 1 aromatic heterocycles. The average Bonchev–Trinajstić information content (AvgIpc) is 2.59. The zero-order valence-electron chi connectivity index (χ0n) is 13.2. The highest BCUT2D eigenvalue weighted by atomic mass is 35.5. The van der Waals surface area contributed by atoms with E-state index in [1.54, 1.807) is 49.5 Å². The summed E-state index contributed by atoms with van der Waals surface area (Å²) in [5, 5.41) is 12.3. The smallest absolute Gasteiger partial charge is 0.265 e. The number of pyridine rings is 1. The molecule has 1 heterocycles. The number of halogens is 1. The minimum Gasteiger partial charge on any atom is -0.495 e. The molecule has 0 radical (unpaired) electrons. The van der Waals surface area contributed by atoms with Crippen molar-refractivity contribution in [2.24, 2.45) is 4.99 Å². The first-order valence-corrected chi connectivity index (χ1v) is 7.59. The molecule has 24 heavy (non-hydrogen) atoms. The standard InChI is InChI=1S/C18H15ClN2O3/c1-20-10-14-12-5-3-4-6-13(12)17(22)21(18(14)23)15-9-11(19)7-8-16(15)24-2/h3-10,23H,1-2H3. The number of rotatable bonds is 3. The molecule has 6 heteroatoms. The number of fused-ring (bicyclic) bond motifs is 1. The van der Waals surface area contributed by atoms with Gasteiger partial charge in [-0.2, -0.15) is 0 Å². The third-order valence-corrected chi connectivity index (χ3v) is 3.98. The molecule has 1 N–H and O–H groups in total. The number of aromatic nitrogens is 1. The summed E-state index contributed by atoms with van der Waals surface area (Å²) in [5.41, 5.74) is 0.454. The van der Waals surface area contributed by atoms with Gasteiger partial charge in [0.1, 0.15) is 5.75 Å². The van der Waals surface area contributed by atoms with Crippen molar-refractivity contribution in [2.45, 2.75) is 0 Å². The van der Waals surface area contributed by atoms with Gasteiger partial charge in [-0.15, -0.1) is 0 Å². The van der Waals surface area contributed by atoms with Crippen LogP contribution in [0, 0.1) is 0 Å². The van der Waals surface area contributed by atoms with Crippen LogP contribution in [0.5, 0.6) is 11.6 Å². The van der Waals surface area contributed by atoms with Crippen LogP contribution in [0.25, 0.3) is 16.5 Å². The Labute approximate surface area is 143 Å². The highest BCUT2D eigenvalue weighted by Crippen LogP contribution is 2.31. The molecule has 0 aliphatic carbocycles. The number of methoxy groups -OCH3 is 1. The summed E-state index contributed by atoms with van der Waals surface area (Å²) < 4.78 is 6.50. The van der Waals surface area contributed by atoms with Crippen LogP contribution in [-0.4, -0.2) is 30.0 Å². The van der Waals surface area contributed by atoms with Crippen LogP contribution in [0.1, 0.15) is 5.56 Å². The van der Waals surface area contributed by atoms with Gasteiger partial charge in [0, 0.05) is 29.1 Å². The molecule has 3 rings (SSSR count). The lowest BCUT2D eigenvalue weighted by Gasteiger charge is -2.16. The Hall–Kier alpha value is -2.79. The number of aliphatic imine (C=N–C) groups is 1. The van der Waals surface area contributed by atoms with Crippen LogP contribution >= 0.6 is 11.6 Å². The molecule has 0 unspecified atom stereocenters. The maximum atomic E-state index is 12.9. The second-order valence-electron chi connectivity index (χ2n) is 5.13. The molecule has 0 saturated carbocycles. The van der Waals surface area contributed by atoms with Crippen molar-refractivity contribution in [3.05, 3.63) is 63.4 Å². The second kappa shape index (κ2) is 6.37. The molecule has 0 atom stereocenters. The van der Waals surface area contributed by atoms with Crippen molar-refractivity contribution in [2.75, 3.05) is 14.2 Å². The lowest BCUT2D eigenvalue weighted by molar-refractivity contribution is 0.404. The van der Waals surface area contributed by atoms with Crippen LogP contribution in [0.3, 0.4) is 0 Å². The molecule has 2 aromatic carbocycles. The van der Waals surface area contributed by atoms with Gasteiger partial charge >= 0.3 is 0 Å². The lowest BCUT2D eigenvalue weighted by atomic mass is 10.1. The summed E-state index contributed by atoms with van der Waals surface area (Å²) in [6.45, 7) is 0. The van der Waals surface area contributed by atoms with E-state index in [2.05, 4.69) is 4.99 Å². The van der Waals surface area contributed by atoms with Gasteiger partial charge in [0.2, 0.25) is 5.88 Å². The van der Waals surface area contributed by atoms with E-state index in [1.807, 2.05) is 0 Å². The quantitative estimate of drug-likeness (QED) is 0.742. The van der Waals surface area contributed by atoms with Crippen molar-refractivity contribution in [1.82, 2.24) is 4.57 Å². The van der Waals surface area contributed by atoms with Gasteiger partial charge in [-0.25, -0.2) is 4.57 Å². The zero-order valence-corrected chi connectivity index (χ0v) is 13.9. The Kier molecular flexibility index (Phi) is 4.27. The topological polar surface area (TPSA) is 63.8 Å². The fourth-order valence-electron chi connectivity index (χ4n) is 2.68. The second-order valence-corrected chi connectivity index (χ2v) is 5.56. The van der Waals surface area contributed by atoms with Gasteiger partial charge in [0.25, 0.3) is 5.56 Å². The first-order chi connectivity index (χ1) is 11.6. The first kappa shape index (κ1) is 16.1. The lowest BCUT2D eigenvalue weighted by Crippen LogP contribution is -2.20. The van der Waals surface area contributed by atoms with E-state index in [0.29, 0.717) is 32.8 Å². The van der Waals surface area contributed by atoms with Crippen molar-refractivity contribution in [1.29, 1.82) is 0 Å². The summed E-state index contributed by atoms with van der Waals surface area (Å²) in [6.07, 6.45) is 1.52. The minimum absolute atomic E-state index is 0.218. The molecule has 122 valence electrons. The van der Waals surface area contributed by atoms with Gasteiger partial charge in [0.05, 0.1) is 18.4 Å². The number of hydrogen-bond acceptors (Lipinski definition) is 4. The number of nitrogens with zero attached hydrogens (tertiary/aromatic N) is 2. The van der Waals surface area contributed by atoms with Crippen LogP contribution in [0.4, 0.5) is 0 Å². The number of aromatic hydroxyl groups is 1. The molecule has 0 spiro atoms. The third kappa shape index (κ3) is 2.53. The maximum Gasteiger partial charge on any atom is 0.265 e. The summed E-state index contributed by atoms with van der Waals surface area (Å²) in [5.74, 6) is 0.205.